The van der Waals surface area contributed by atoms with Crippen LogP contribution < -0.4 is 9.21 Å². The Morgan fingerprint density at radius 2 is 1.85 bits per heavy atom. The van der Waals surface area contributed by atoms with Crippen molar-refractivity contribution in [3.63, 3.8) is 0 Å². The SMILES string of the molecule is C[C@@H](C(=O)N1CCCc2ccccc21)N(c1ccc(Cl)c(Cl)c1)S(C)(=O)=O. The monoisotopic (exact) mass is 426 g/mol. The molecule has 1 aliphatic rings. The first-order valence-corrected chi connectivity index (χ1v) is 11.1. The van der Waals surface area contributed by atoms with Crippen molar-refractivity contribution >= 4 is 50.5 Å². The highest BCUT2D eigenvalue weighted by Crippen LogP contribution is 2.32. The van der Waals surface area contributed by atoms with E-state index in [0.717, 1.165) is 34.7 Å². The number of hydrogen-bond acceptors (Lipinski definition) is 3. The Kier molecular flexibility index (Phi) is 5.70. The Bertz CT molecular complexity index is 979. The van der Waals surface area contributed by atoms with Gasteiger partial charge in [0.25, 0.3) is 5.91 Å². The Balaban J connectivity index is 1.99. The number of carbonyl (C=O) groups is 1. The van der Waals surface area contributed by atoms with Gasteiger partial charge >= 0.3 is 0 Å². The van der Waals surface area contributed by atoms with Crippen molar-refractivity contribution in [2.45, 2.75) is 25.8 Å². The summed E-state index contributed by atoms with van der Waals surface area (Å²) in [7, 11) is -3.72. The molecule has 0 fully saturated rings. The van der Waals surface area contributed by atoms with E-state index in [1.165, 1.54) is 12.1 Å². The average molecular weight is 427 g/mol. The van der Waals surface area contributed by atoms with Crippen LogP contribution in [0, 0.1) is 0 Å². The largest absolute Gasteiger partial charge is 0.310 e. The van der Waals surface area contributed by atoms with Crippen molar-refractivity contribution in [3.8, 4) is 0 Å². The molecular formula is C19H20Cl2N2O3S. The number of hydrogen-bond donors (Lipinski definition) is 0. The van der Waals surface area contributed by atoms with Gasteiger partial charge in [0, 0.05) is 12.2 Å². The topological polar surface area (TPSA) is 57.7 Å². The van der Waals surface area contributed by atoms with E-state index in [2.05, 4.69) is 0 Å². The molecule has 0 aliphatic carbocycles. The molecule has 1 aliphatic heterocycles. The van der Waals surface area contributed by atoms with Crippen LogP contribution in [0.4, 0.5) is 11.4 Å². The van der Waals surface area contributed by atoms with Gasteiger partial charge in [-0.05, 0) is 49.6 Å². The van der Waals surface area contributed by atoms with Gasteiger partial charge in [0.15, 0.2) is 0 Å². The second kappa shape index (κ2) is 7.70. The van der Waals surface area contributed by atoms with Crippen LogP contribution in [-0.2, 0) is 21.2 Å². The van der Waals surface area contributed by atoms with Crippen LogP contribution in [0.3, 0.4) is 0 Å². The maximum Gasteiger partial charge on any atom is 0.250 e. The van der Waals surface area contributed by atoms with Crippen molar-refractivity contribution < 1.29 is 13.2 Å². The molecule has 0 radical (unpaired) electrons. The highest BCUT2D eigenvalue weighted by atomic mass is 35.5. The van der Waals surface area contributed by atoms with Crippen LogP contribution in [0.5, 0.6) is 0 Å². The molecule has 8 heteroatoms. The lowest BCUT2D eigenvalue weighted by atomic mass is 10.0. The lowest BCUT2D eigenvalue weighted by Gasteiger charge is -2.35. The molecule has 0 spiro atoms. The van der Waals surface area contributed by atoms with E-state index in [4.69, 9.17) is 23.2 Å². The van der Waals surface area contributed by atoms with Gasteiger partial charge in [-0.1, -0.05) is 41.4 Å². The maximum atomic E-state index is 13.2. The molecule has 27 heavy (non-hydrogen) atoms. The Hall–Kier alpha value is -1.76. The molecule has 0 saturated heterocycles. The van der Waals surface area contributed by atoms with Gasteiger partial charge < -0.3 is 4.90 Å². The Labute approximate surface area is 169 Å². The molecule has 0 aromatic heterocycles. The number of fused-ring (bicyclic) bond motifs is 1. The highest BCUT2D eigenvalue weighted by molar-refractivity contribution is 7.92. The minimum Gasteiger partial charge on any atom is -0.310 e. The van der Waals surface area contributed by atoms with Crippen LogP contribution >= 0.6 is 23.2 Å². The quantitative estimate of drug-likeness (QED) is 0.738. The van der Waals surface area contributed by atoms with Crippen molar-refractivity contribution in [1.82, 2.24) is 0 Å². The number of rotatable bonds is 4. The van der Waals surface area contributed by atoms with Crippen LogP contribution in [0.1, 0.15) is 18.9 Å². The van der Waals surface area contributed by atoms with E-state index in [-0.39, 0.29) is 10.9 Å². The fraction of sp³-hybridized carbons (Fsp3) is 0.316. The number of carbonyl (C=O) groups excluding carboxylic acids is 1. The van der Waals surface area contributed by atoms with Crippen molar-refractivity contribution in [3.05, 3.63) is 58.1 Å². The zero-order valence-electron chi connectivity index (χ0n) is 15.0. The highest BCUT2D eigenvalue weighted by Gasteiger charge is 2.34. The van der Waals surface area contributed by atoms with Gasteiger partial charge in [-0.15, -0.1) is 0 Å². The van der Waals surface area contributed by atoms with Crippen LogP contribution in [0.25, 0.3) is 0 Å². The second-order valence-corrected chi connectivity index (χ2v) is 9.23. The zero-order valence-corrected chi connectivity index (χ0v) is 17.4. The smallest absolute Gasteiger partial charge is 0.250 e. The Morgan fingerprint density at radius 1 is 1.15 bits per heavy atom. The summed E-state index contributed by atoms with van der Waals surface area (Å²) in [4.78, 5) is 14.9. The van der Waals surface area contributed by atoms with Gasteiger partial charge in [0.05, 0.1) is 22.0 Å². The molecule has 0 saturated carbocycles. The number of sulfonamides is 1. The molecule has 0 N–H and O–H groups in total. The number of aryl methyl sites for hydroxylation is 1. The number of benzene rings is 2. The first-order chi connectivity index (χ1) is 12.7. The predicted molar refractivity (Wildman–Crippen MR) is 110 cm³/mol. The van der Waals surface area contributed by atoms with Crippen LogP contribution in [-0.4, -0.2) is 33.2 Å². The van der Waals surface area contributed by atoms with E-state index < -0.39 is 16.1 Å². The van der Waals surface area contributed by atoms with E-state index in [0.29, 0.717) is 17.3 Å². The maximum absolute atomic E-state index is 13.2. The number of anilines is 2. The third kappa shape index (κ3) is 4.08. The molecule has 0 bridgehead atoms. The van der Waals surface area contributed by atoms with Gasteiger partial charge in [-0.2, -0.15) is 0 Å². The molecule has 1 heterocycles. The van der Waals surface area contributed by atoms with E-state index in [1.54, 1.807) is 17.9 Å². The van der Waals surface area contributed by atoms with Crippen molar-refractivity contribution in [1.29, 1.82) is 0 Å². The summed E-state index contributed by atoms with van der Waals surface area (Å²) in [6, 6.07) is 11.3. The molecule has 2 aromatic carbocycles. The summed E-state index contributed by atoms with van der Waals surface area (Å²) < 4.78 is 26.1. The lowest BCUT2D eigenvalue weighted by Crippen LogP contribution is -2.50. The first kappa shape index (κ1) is 20.0. The number of nitrogens with zero attached hydrogens (tertiary/aromatic N) is 2. The molecular weight excluding hydrogens is 407 g/mol. The third-order valence-corrected chi connectivity index (χ3v) is 6.58. The van der Waals surface area contributed by atoms with Gasteiger partial charge in [0.2, 0.25) is 10.0 Å². The molecule has 144 valence electrons. The summed E-state index contributed by atoms with van der Waals surface area (Å²) in [5, 5.41) is 0.545. The normalized spacial score (nSPS) is 15.2. The molecule has 5 nitrogen and oxygen atoms in total. The lowest BCUT2D eigenvalue weighted by molar-refractivity contribution is -0.119. The van der Waals surface area contributed by atoms with Crippen molar-refractivity contribution in [2.24, 2.45) is 0 Å². The molecule has 2 aromatic rings. The Morgan fingerprint density at radius 3 is 2.52 bits per heavy atom. The zero-order chi connectivity index (χ0) is 19.8. The molecule has 1 atom stereocenters. The minimum atomic E-state index is -3.72. The van der Waals surface area contributed by atoms with Crippen molar-refractivity contribution in [2.75, 3.05) is 22.0 Å². The molecule has 1 amide bonds. The standard InChI is InChI=1S/C19H20Cl2N2O3S/c1-13(19(24)22-11-5-7-14-6-3-4-8-18(14)22)23(27(2,25)26)15-9-10-16(20)17(21)12-15/h3-4,6,8-10,12-13H,5,7,11H2,1-2H3/t13-/m0/s1. The number of para-hydroxylation sites is 1. The van der Waals surface area contributed by atoms with E-state index in [1.807, 2.05) is 24.3 Å². The van der Waals surface area contributed by atoms with E-state index >= 15 is 0 Å². The van der Waals surface area contributed by atoms with Gasteiger partial charge in [-0.25, -0.2) is 8.42 Å². The number of halogens is 2. The second-order valence-electron chi connectivity index (χ2n) is 6.56. The summed E-state index contributed by atoms with van der Waals surface area (Å²) in [5.41, 5.74) is 2.23. The molecule has 3 rings (SSSR count). The summed E-state index contributed by atoms with van der Waals surface area (Å²) in [6.45, 7) is 2.14. The first-order valence-electron chi connectivity index (χ1n) is 8.54. The predicted octanol–water partition coefficient (Wildman–Crippen LogP) is 4.13. The minimum absolute atomic E-state index is 0.228. The third-order valence-electron chi connectivity index (χ3n) is 4.60. The van der Waals surface area contributed by atoms with Gasteiger partial charge in [0.1, 0.15) is 6.04 Å². The summed E-state index contributed by atoms with van der Waals surface area (Å²) in [5.74, 6) is -0.279. The van der Waals surface area contributed by atoms with Gasteiger partial charge in [-0.3, -0.25) is 9.10 Å². The van der Waals surface area contributed by atoms with Crippen LogP contribution in [0.2, 0.25) is 10.0 Å². The molecule has 0 unspecified atom stereocenters. The van der Waals surface area contributed by atoms with E-state index in [9.17, 15) is 13.2 Å². The fourth-order valence-corrected chi connectivity index (χ4v) is 4.87. The number of amides is 1. The summed E-state index contributed by atoms with van der Waals surface area (Å²) >= 11 is 12.0. The fourth-order valence-electron chi connectivity index (χ4n) is 3.41. The average Bonchev–Trinajstić information content (AvgIpc) is 2.62. The van der Waals surface area contributed by atoms with Crippen LogP contribution in [0.15, 0.2) is 42.5 Å². The summed E-state index contributed by atoms with van der Waals surface area (Å²) in [6.07, 6.45) is 2.81.